The van der Waals surface area contributed by atoms with E-state index in [1.165, 1.54) is 0 Å². The van der Waals surface area contributed by atoms with E-state index in [1.807, 2.05) is 14.1 Å². The SMILES string of the molecule is C=CC[N+](C)(C)C(Cl)(Cl)C(C)O. The van der Waals surface area contributed by atoms with Gasteiger partial charge in [-0.3, -0.25) is 4.48 Å². The van der Waals surface area contributed by atoms with E-state index in [4.69, 9.17) is 23.2 Å². The van der Waals surface area contributed by atoms with E-state index in [0.29, 0.717) is 6.54 Å². The van der Waals surface area contributed by atoms with E-state index < -0.39 is 10.6 Å². The molecule has 0 aliphatic carbocycles. The van der Waals surface area contributed by atoms with Crippen LogP contribution in [0.5, 0.6) is 0 Å². The van der Waals surface area contributed by atoms with Crippen molar-refractivity contribution in [2.24, 2.45) is 0 Å². The van der Waals surface area contributed by atoms with Crippen LogP contribution < -0.4 is 0 Å². The second-order valence-corrected chi connectivity index (χ2v) is 4.77. The minimum absolute atomic E-state index is 0.289. The van der Waals surface area contributed by atoms with Crippen molar-refractivity contribution >= 4 is 23.2 Å². The molecule has 0 aromatic carbocycles. The molecule has 4 heteroatoms. The van der Waals surface area contributed by atoms with Gasteiger partial charge in [0.25, 0.3) is 4.46 Å². The first-order valence-corrected chi connectivity index (χ1v) is 4.51. The molecular formula is C8H16Cl2NO+. The molecule has 0 bridgehead atoms. The molecule has 0 spiro atoms. The Kier molecular flexibility index (Phi) is 4.04. The summed E-state index contributed by atoms with van der Waals surface area (Å²) >= 11 is 12.0. The first kappa shape index (κ1) is 12.2. The zero-order valence-corrected chi connectivity index (χ0v) is 9.23. The zero-order valence-electron chi connectivity index (χ0n) is 7.72. The number of nitrogens with zero attached hydrogens (tertiary/aromatic N) is 1. The topological polar surface area (TPSA) is 20.2 Å². The summed E-state index contributed by atoms with van der Waals surface area (Å²) in [4.78, 5) is 0. The Labute approximate surface area is 84.0 Å². The van der Waals surface area contributed by atoms with Gasteiger partial charge in [0.15, 0.2) is 0 Å². The standard InChI is InChI=1S/C8H16Cl2NO/c1-5-6-11(3,4)8(9,10)7(2)12/h5,7,12H,1,6H2,2-4H3/q+1. The van der Waals surface area contributed by atoms with E-state index in [1.54, 1.807) is 13.0 Å². The summed E-state index contributed by atoms with van der Waals surface area (Å²) < 4.78 is -0.897. The van der Waals surface area contributed by atoms with Crippen molar-refractivity contribution < 1.29 is 9.59 Å². The van der Waals surface area contributed by atoms with Crippen molar-refractivity contribution in [3.63, 3.8) is 0 Å². The Hall–Kier alpha value is 0.240. The van der Waals surface area contributed by atoms with Crippen LogP contribution in [0.4, 0.5) is 0 Å². The molecule has 0 aliphatic heterocycles. The van der Waals surface area contributed by atoms with Gasteiger partial charge in [-0.15, -0.1) is 0 Å². The van der Waals surface area contributed by atoms with Gasteiger partial charge in [-0.25, -0.2) is 0 Å². The Balaban J connectivity index is 4.61. The quantitative estimate of drug-likeness (QED) is 0.326. The lowest BCUT2D eigenvalue weighted by molar-refractivity contribution is -0.911. The Morgan fingerprint density at radius 3 is 2.25 bits per heavy atom. The van der Waals surface area contributed by atoms with Crippen LogP contribution in [0.2, 0.25) is 0 Å². The molecule has 1 unspecified atom stereocenters. The number of alkyl halides is 2. The second kappa shape index (κ2) is 3.97. The van der Waals surface area contributed by atoms with Crippen LogP contribution >= 0.6 is 23.2 Å². The monoisotopic (exact) mass is 212 g/mol. The number of quaternary nitrogens is 1. The van der Waals surface area contributed by atoms with Crippen LogP contribution in [-0.4, -0.2) is 40.8 Å². The lowest BCUT2D eigenvalue weighted by Gasteiger charge is -2.40. The average molecular weight is 213 g/mol. The molecule has 0 heterocycles. The van der Waals surface area contributed by atoms with Gasteiger partial charge in [0.2, 0.25) is 0 Å². The first-order valence-electron chi connectivity index (χ1n) is 3.75. The first-order chi connectivity index (χ1) is 5.25. The molecule has 0 aliphatic rings. The minimum atomic E-state index is -1.19. The number of hydrogen-bond donors (Lipinski definition) is 1. The third-order valence-corrected chi connectivity index (χ3v) is 3.44. The van der Waals surface area contributed by atoms with Crippen LogP contribution in [0.15, 0.2) is 12.7 Å². The number of halogens is 2. The Bertz CT molecular complexity index is 166. The highest BCUT2D eigenvalue weighted by atomic mass is 35.5. The molecule has 12 heavy (non-hydrogen) atoms. The molecule has 1 atom stereocenters. The van der Waals surface area contributed by atoms with E-state index >= 15 is 0 Å². The number of aliphatic hydroxyl groups is 1. The summed E-state index contributed by atoms with van der Waals surface area (Å²) in [5.41, 5.74) is 0. The molecule has 0 saturated carbocycles. The van der Waals surface area contributed by atoms with E-state index in [9.17, 15) is 5.11 Å². The summed E-state index contributed by atoms with van der Waals surface area (Å²) in [6, 6.07) is 0. The molecule has 0 saturated heterocycles. The molecule has 1 N–H and O–H groups in total. The molecule has 0 fully saturated rings. The number of hydrogen-bond acceptors (Lipinski definition) is 1. The molecule has 0 radical (unpaired) electrons. The highest BCUT2D eigenvalue weighted by Crippen LogP contribution is 2.33. The minimum Gasteiger partial charge on any atom is -0.384 e. The highest BCUT2D eigenvalue weighted by molar-refractivity contribution is 6.47. The normalized spacial score (nSPS) is 15.8. The van der Waals surface area contributed by atoms with Crippen molar-refractivity contribution in [2.45, 2.75) is 17.5 Å². The second-order valence-electron chi connectivity index (χ2n) is 3.42. The van der Waals surface area contributed by atoms with Crippen LogP contribution in [0.1, 0.15) is 6.92 Å². The number of likely N-dealkylation sites (N-methyl/N-ethyl adjacent to an activating group) is 1. The Morgan fingerprint density at radius 2 is 2.00 bits per heavy atom. The fourth-order valence-corrected chi connectivity index (χ4v) is 1.09. The van der Waals surface area contributed by atoms with Gasteiger partial charge in [-0.05, 0) is 36.2 Å². The predicted octanol–water partition coefficient (Wildman–Crippen LogP) is 1.76. The summed E-state index contributed by atoms with van der Waals surface area (Å²) in [7, 11) is 3.68. The smallest absolute Gasteiger partial charge is 0.276 e. The fourth-order valence-electron chi connectivity index (χ4n) is 0.950. The van der Waals surface area contributed by atoms with Gasteiger partial charge in [0.05, 0.1) is 20.6 Å². The van der Waals surface area contributed by atoms with E-state index in [0.717, 1.165) is 0 Å². The molecule has 0 aromatic heterocycles. The maximum atomic E-state index is 9.33. The van der Waals surface area contributed by atoms with Crippen LogP contribution in [0.25, 0.3) is 0 Å². The largest absolute Gasteiger partial charge is 0.384 e. The third kappa shape index (κ3) is 2.36. The molecule has 0 rings (SSSR count). The molecule has 2 nitrogen and oxygen atoms in total. The summed E-state index contributed by atoms with van der Waals surface area (Å²) in [5.74, 6) is 0. The van der Waals surface area contributed by atoms with Crippen molar-refractivity contribution in [2.75, 3.05) is 20.6 Å². The molecular weight excluding hydrogens is 197 g/mol. The predicted molar refractivity (Wildman–Crippen MR) is 53.3 cm³/mol. The average Bonchev–Trinajstić information content (AvgIpc) is 1.86. The summed E-state index contributed by atoms with van der Waals surface area (Å²) in [5, 5.41) is 9.33. The van der Waals surface area contributed by atoms with Crippen molar-refractivity contribution in [1.29, 1.82) is 0 Å². The number of aliphatic hydroxyl groups excluding tert-OH is 1. The van der Waals surface area contributed by atoms with Gasteiger partial charge in [0, 0.05) is 0 Å². The number of rotatable bonds is 4. The molecule has 0 aromatic rings. The molecule has 72 valence electrons. The third-order valence-electron chi connectivity index (χ3n) is 1.90. The lowest BCUT2D eigenvalue weighted by Crippen LogP contribution is -2.58. The van der Waals surface area contributed by atoms with Crippen molar-refractivity contribution in [1.82, 2.24) is 0 Å². The van der Waals surface area contributed by atoms with Crippen LogP contribution in [0.3, 0.4) is 0 Å². The lowest BCUT2D eigenvalue weighted by atomic mass is 10.3. The van der Waals surface area contributed by atoms with E-state index in [-0.39, 0.29) is 4.48 Å². The van der Waals surface area contributed by atoms with Crippen molar-refractivity contribution in [3.05, 3.63) is 12.7 Å². The maximum absolute atomic E-state index is 9.33. The van der Waals surface area contributed by atoms with Crippen molar-refractivity contribution in [3.8, 4) is 0 Å². The van der Waals surface area contributed by atoms with Gasteiger partial charge >= 0.3 is 0 Å². The van der Waals surface area contributed by atoms with Crippen LogP contribution in [0, 0.1) is 0 Å². The van der Waals surface area contributed by atoms with Gasteiger partial charge in [-0.2, -0.15) is 0 Å². The van der Waals surface area contributed by atoms with Gasteiger partial charge in [0.1, 0.15) is 6.10 Å². The van der Waals surface area contributed by atoms with Gasteiger partial charge < -0.3 is 5.11 Å². The molecule has 0 amide bonds. The maximum Gasteiger partial charge on any atom is 0.276 e. The van der Waals surface area contributed by atoms with Gasteiger partial charge in [-0.1, -0.05) is 6.58 Å². The summed E-state index contributed by atoms with van der Waals surface area (Å²) in [6.07, 6.45) is 0.942. The summed E-state index contributed by atoms with van der Waals surface area (Å²) in [6.45, 7) is 5.79. The highest BCUT2D eigenvalue weighted by Gasteiger charge is 2.45. The zero-order chi connectivity index (χ0) is 9.99. The Morgan fingerprint density at radius 1 is 1.58 bits per heavy atom. The fraction of sp³-hybridized carbons (Fsp3) is 0.750. The van der Waals surface area contributed by atoms with Crippen LogP contribution in [-0.2, 0) is 0 Å². The van der Waals surface area contributed by atoms with E-state index in [2.05, 4.69) is 6.58 Å².